The molecule has 1 aliphatic rings. The predicted molar refractivity (Wildman–Crippen MR) is 45.7 cm³/mol. The topological polar surface area (TPSA) is 6.48 Å². The first-order valence-corrected chi connectivity index (χ1v) is 3.17. The highest BCUT2D eigenvalue weighted by atomic mass is 35.5. The zero-order valence-corrected chi connectivity index (χ0v) is 6.97. The molecular weight excluding hydrogens is 148 g/mol. The molecule has 0 amide bonds. The van der Waals surface area contributed by atoms with E-state index in [1.807, 2.05) is 17.3 Å². The van der Waals surface area contributed by atoms with Crippen molar-refractivity contribution in [1.29, 1.82) is 0 Å². The quantitative estimate of drug-likeness (QED) is 0.606. The third kappa shape index (κ3) is 1.95. The summed E-state index contributed by atoms with van der Waals surface area (Å²) >= 11 is 0. The number of hydrogen-bond acceptors (Lipinski definition) is 2. The normalized spacial score (nSPS) is 15.3. The van der Waals surface area contributed by atoms with Gasteiger partial charge in [-0.1, -0.05) is 6.58 Å². The van der Waals surface area contributed by atoms with E-state index in [0.717, 1.165) is 13.2 Å². The largest absolute Gasteiger partial charge is 0.359 e. The first-order chi connectivity index (χ1) is 4.36. The van der Waals surface area contributed by atoms with Crippen LogP contribution in [0, 0.1) is 0 Å². The molecule has 58 valence electrons. The summed E-state index contributed by atoms with van der Waals surface area (Å²) in [5.74, 6) is 0. The summed E-state index contributed by atoms with van der Waals surface area (Å²) in [6.07, 6.45) is 5.92. The van der Waals surface area contributed by atoms with Gasteiger partial charge in [0.2, 0.25) is 0 Å². The van der Waals surface area contributed by atoms with E-state index in [-0.39, 0.29) is 12.4 Å². The van der Waals surface area contributed by atoms with Gasteiger partial charge in [0.05, 0.1) is 6.67 Å². The maximum absolute atomic E-state index is 3.66. The summed E-state index contributed by atoms with van der Waals surface area (Å²) in [5, 5.41) is 0. The van der Waals surface area contributed by atoms with Crippen molar-refractivity contribution in [3.05, 3.63) is 25.2 Å². The molecule has 0 aromatic heterocycles. The number of nitrogens with zero attached hydrogens (tertiary/aromatic N) is 2. The van der Waals surface area contributed by atoms with Gasteiger partial charge in [-0.25, -0.2) is 0 Å². The average Bonchev–Trinajstić information content (AvgIpc) is 2.34. The number of halogens is 1. The second kappa shape index (κ2) is 4.23. The maximum Gasteiger partial charge on any atom is 0.0935 e. The minimum atomic E-state index is 0. The molecule has 0 unspecified atom stereocenters. The summed E-state index contributed by atoms with van der Waals surface area (Å²) in [7, 11) is 0. The second-order valence-electron chi connectivity index (χ2n) is 2.04. The minimum absolute atomic E-state index is 0. The summed E-state index contributed by atoms with van der Waals surface area (Å²) in [4.78, 5) is 4.26. The van der Waals surface area contributed by atoms with Gasteiger partial charge in [-0.3, -0.25) is 0 Å². The van der Waals surface area contributed by atoms with Crippen LogP contribution in [0.25, 0.3) is 0 Å². The van der Waals surface area contributed by atoms with Crippen LogP contribution in [0.1, 0.15) is 6.92 Å². The smallest absolute Gasteiger partial charge is 0.0935 e. The van der Waals surface area contributed by atoms with Gasteiger partial charge < -0.3 is 9.80 Å². The lowest BCUT2D eigenvalue weighted by molar-refractivity contribution is 0.328. The highest BCUT2D eigenvalue weighted by molar-refractivity contribution is 5.85. The van der Waals surface area contributed by atoms with Gasteiger partial charge in [0.25, 0.3) is 0 Å². The van der Waals surface area contributed by atoms with Crippen LogP contribution in [0.3, 0.4) is 0 Å². The Bertz CT molecular complexity index is 134. The van der Waals surface area contributed by atoms with E-state index >= 15 is 0 Å². The number of rotatable bonds is 2. The third-order valence-corrected chi connectivity index (χ3v) is 1.45. The predicted octanol–water partition coefficient (Wildman–Crippen LogP) is 1.62. The van der Waals surface area contributed by atoms with Crippen molar-refractivity contribution in [3.63, 3.8) is 0 Å². The van der Waals surface area contributed by atoms with Crippen LogP contribution in [-0.4, -0.2) is 23.0 Å². The zero-order chi connectivity index (χ0) is 6.69. The molecule has 2 nitrogen and oxygen atoms in total. The summed E-state index contributed by atoms with van der Waals surface area (Å²) in [6, 6.07) is 0. The summed E-state index contributed by atoms with van der Waals surface area (Å²) in [6.45, 7) is 7.82. The van der Waals surface area contributed by atoms with Crippen LogP contribution in [0.2, 0.25) is 0 Å². The van der Waals surface area contributed by atoms with Gasteiger partial charge in [-0.2, -0.15) is 0 Å². The molecule has 0 aromatic rings. The molecule has 1 heterocycles. The van der Waals surface area contributed by atoms with Gasteiger partial charge in [0.1, 0.15) is 0 Å². The van der Waals surface area contributed by atoms with Crippen molar-refractivity contribution >= 4 is 12.4 Å². The maximum atomic E-state index is 3.66. The van der Waals surface area contributed by atoms with Crippen molar-refractivity contribution in [2.45, 2.75) is 6.92 Å². The highest BCUT2D eigenvalue weighted by Crippen LogP contribution is 2.04. The van der Waals surface area contributed by atoms with Crippen molar-refractivity contribution in [2.24, 2.45) is 0 Å². The molecule has 0 aromatic carbocycles. The van der Waals surface area contributed by atoms with E-state index in [4.69, 9.17) is 0 Å². The lowest BCUT2D eigenvalue weighted by Crippen LogP contribution is -2.20. The van der Waals surface area contributed by atoms with Crippen LogP contribution in [0.5, 0.6) is 0 Å². The Morgan fingerprint density at radius 2 is 2.30 bits per heavy atom. The van der Waals surface area contributed by atoms with E-state index in [1.54, 1.807) is 0 Å². The Balaban J connectivity index is 0.000000810. The van der Waals surface area contributed by atoms with Crippen LogP contribution in [0.4, 0.5) is 0 Å². The minimum Gasteiger partial charge on any atom is -0.359 e. The fourth-order valence-electron chi connectivity index (χ4n) is 0.808. The SMILES string of the molecule is C=CN1C=CN(CC)C1.Cl. The molecule has 10 heavy (non-hydrogen) atoms. The Kier molecular flexibility index (Phi) is 3.96. The Hall–Kier alpha value is -0.630. The molecule has 0 radical (unpaired) electrons. The molecule has 0 spiro atoms. The fraction of sp³-hybridized carbons (Fsp3) is 0.429. The Labute approximate surface area is 68.2 Å². The van der Waals surface area contributed by atoms with Crippen LogP contribution in [-0.2, 0) is 0 Å². The van der Waals surface area contributed by atoms with E-state index in [9.17, 15) is 0 Å². The first kappa shape index (κ1) is 9.37. The van der Waals surface area contributed by atoms with E-state index < -0.39 is 0 Å². The molecule has 0 saturated heterocycles. The van der Waals surface area contributed by atoms with Gasteiger partial charge in [-0.05, 0) is 13.1 Å². The molecule has 0 saturated carbocycles. The molecule has 0 N–H and O–H groups in total. The molecule has 0 aliphatic carbocycles. The lowest BCUT2D eigenvalue weighted by Gasteiger charge is -2.15. The van der Waals surface area contributed by atoms with Crippen molar-refractivity contribution < 1.29 is 0 Å². The molecule has 0 fully saturated rings. The number of hydrogen-bond donors (Lipinski definition) is 0. The van der Waals surface area contributed by atoms with E-state index in [1.165, 1.54) is 0 Å². The van der Waals surface area contributed by atoms with Gasteiger partial charge in [0.15, 0.2) is 0 Å². The van der Waals surface area contributed by atoms with Crippen molar-refractivity contribution in [3.8, 4) is 0 Å². The van der Waals surface area contributed by atoms with E-state index in [2.05, 4.69) is 24.6 Å². The molecular formula is C7H13ClN2. The lowest BCUT2D eigenvalue weighted by atomic mass is 10.6. The molecule has 1 aliphatic heterocycles. The second-order valence-corrected chi connectivity index (χ2v) is 2.04. The fourth-order valence-corrected chi connectivity index (χ4v) is 0.808. The molecule has 1 rings (SSSR count). The average molecular weight is 161 g/mol. The zero-order valence-electron chi connectivity index (χ0n) is 6.16. The molecule has 3 heteroatoms. The summed E-state index contributed by atoms with van der Waals surface area (Å²) in [5.41, 5.74) is 0. The van der Waals surface area contributed by atoms with Crippen LogP contribution >= 0.6 is 12.4 Å². The Morgan fingerprint density at radius 1 is 1.60 bits per heavy atom. The molecule has 0 bridgehead atoms. The first-order valence-electron chi connectivity index (χ1n) is 3.17. The van der Waals surface area contributed by atoms with Gasteiger partial charge in [0, 0.05) is 18.9 Å². The summed E-state index contributed by atoms with van der Waals surface area (Å²) < 4.78 is 0. The van der Waals surface area contributed by atoms with Crippen molar-refractivity contribution in [2.75, 3.05) is 13.2 Å². The monoisotopic (exact) mass is 160 g/mol. The van der Waals surface area contributed by atoms with Crippen LogP contribution in [0.15, 0.2) is 25.2 Å². The van der Waals surface area contributed by atoms with Gasteiger partial charge in [-0.15, -0.1) is 12.4 Å². The molecule has 0 atom stereocenters. The highest BCUT2D eigenvalue weighted by Gasteiger charge is 2.05. The standard InChI is InChI=1S/C7H12N2.ClH/c1-3-8-5-6-9(4-2)7-8;/h3,5-6H,1,4,7H2,2H3;1H. The van der Waals surface area contributed by atoms with Crippen molar-refractivity contribution in [1.82, 2.24) is 9.80 Å². The van der Waals surface area contributed by atoms with Gasteiger partial charge >= 0.3 is 0 Å². The van der Waals surface area contributed by atoms with Crippen LogP contribution < -0.4 is 0 Å². The third-order valence-electron chi connectivity index (χ3n) is 1.45. The van der Waals surface area contributed by atoms with E-state index in [0.29, 0.717) is 0 Å². The Morgan fingerprint density at radius 3 is 2.60 bits per heavy atom.